The smallest absolute Gasteiger partial charge is 0.261 e. The average molecular weight is 401 g/mol. The maximum absolute atomic E-state index is 13.7. The third-order valence-electron chi connectivity index (χ3n) is 5.19. The van der Waals surface area contributed by atoms with Crippen molar-refractivity contribution in [3.05, 3.63) is 70.5 Å². The van der Waals surface area contributed by atoms with E-state index in [0.29, 0.717) is 15.7 Å². The van der Waals surface area contributed by atoms with E-state index in [0.717, 1.165) is 37.7 Å². The van der Waals surface area contributed by atoms with Crippen molar-refractivity contribution >= 4 is 40.4 Å². The van der Waals surface area contributed by atoms with Crippen LogP contribution in [-0.2, 0) is 0 Å². The van der Waals surface area contributed by atoms with E-state index in [-0.39, 0.29) is 11.5 Å². The van der Waals surface area contributed by atoms with Crippen LogP contribution in [-0.4, -0.2) is 27.2 Å². The molecular weight excluding hydrogens is 383 g/mol. The van der Waals surface area contributed by atoms with Gasteiger partial charge in [0.15, 0.2) is 0 Å². The largest absolute Gasteiger partial charge is 0.271 e. The van der Waals surface area contributed by atoms with Gasteiger partial charge in [-0.05, 0) is 56.0 Å². The lowest BCUT2D eigenvalue weighted by Gasteiger charge is -2.38. The Kier molecular flexibility index (Phi) is 4.82. The Morgan fingerprint density at radius 3 is 2.48 bits per heavy atom. The molecule has 1 aliphatic carbocycles. The molecule has 0 radical (unpaired) electrons. The van der Waals surface area contributed by atoms with E-state index >= 15 is 0 Å². The zero-order valence-corrected chi connectivity index (χ0v) is 16.2. The zero-order chi connectivity index (χ0) is 19.0. The van der Waals surface area contributed by atoms with Crippen molar-refractivity contribution in [1.29, 1.82) is 0 Å². The number of aliphatic imine (C=N–C) groups is 1. The fraction of sp³-hybridized carbons (Fsp3) is 0.286. The van der Waals surface area contributed by atoms with Crippen LogP contribution in [0.3, 0.4) is 0 Å². The first-order valence-electron chi connectivity index (χ1n) is 9.00. The molecule has 0 unspecified atom stereocenters. The quantitative estimate of drug-likeness (QED) is 0.631. The van der Waals surface area contributed by atoms with Crippen LogP contribution < -0.4 is 0 Å². The topological polar surface area (TPSA) is 32.7 Å². The Hall–Kier alpha value is -2.11. The predicted octanol–water partition coefficient (Wildman–Crippen LogP) is 5.41. The molecule has 2 aromatic rings. The summed E-state index contributed by atoms with van der Waals surface area (Å²) in [6, 6.07) is 13.0. The molecular formula is C21H18ClFN2OS. The predicted molar refractivity (Wildman–Crippen MR) is 109 cm³/mol. The van der Waals surface area contributed by atoms with Gasteiger partial charge in [0.25, 0.3) is 5.91 Å². The molecule has 1 heterocycles. The van der Waals surface area contributed by atoms with Crippen molar-refractivity contribution in [2.24, 2.45) is 4.99 Å². The van der Waals surface area contributed by atoms with Crippen LogP contribution in [0.15, 0.2) is 53.5 Å². The van der Waals surface area contributed by atoms with Gasteiger partial charge in [0.2, 0.25) is 0 Å². The van der Waals surface area contributed by atoms with Gasteiger partial charge < -0.3 is 0 Å². The SMILES string of the molecule is O=C(c1cccc(F)c1)N1C(=S)C(c2ccc(Cl)cc2)=NC12CCCCC2. The van der Waals surface area contributed by atoms with Gasteiger partial charge in [0.1, 0.15) is 22.2 Å². The summed E-state index contributed by atoms with van der Waals surface area (Å²) >= 11 is 11.7. The molecule has 0 aromatic heterocycles. The summed E-state index contributed by atoms with van der Waals surface area (Å²) in [6.07, 6.45) is 4.58. The van der Waals surface area contributed by atoms with Gasteiger partial charge in [0, 0.05) is 16.1 Å². The molecule has 0 bridgehead atoms. The van der Waals surface area contributed by atoms with E-state index in [2.05, 4.69) is 0 Å². The highest BCUT2D eigenvalue weighted by atomic mass is 35.5. The Bertz CT molecular complexity index is 935. The van der Waals surface area contributed by atoms with E-state index in [9.17, 15) is 9.18 Å². The standard InChI is InChI=1S/C21H18ClFN2OS/c22-16-9-7-14(8-10-16)18-20(27)25(21(24-18)11-2-1-3-12-21)19(26)15-5-4-6-17(23)13-15/h4-10,13H,1-3,11-12H2. The molecule has 1 amide bonds. The minimum absolute atomic E-state index is 0.287. The number of hydrogen-bond donors (Lipinski definition) is 0. The number of carbonyl (C=O) groups is 1. The highest BCUT2D eigenvalue weighted by molar-refractivity contribution is 7.82. The van der Waals surface area contributed by atoms with E-state index in [1.807, 2.05) is 12.1 Å². The number of nitrogens with zero attached hydrogens (tertiary/aromatic N) is 2. The van der Waals surface area contributed by atoms with Crippen LogP contribution in [0.1, 0.15) is 48.0 Å². The molecule has 6 heteroatoms. The van der Waals surface area contributed by atoms with Gasteiger partial charge in [-0.15, -0.1) is 0 Å². The average Bonchev–Trinajstić information content (AvgIpc) is 2.94. The number of halogens is 2. The molecule has 4 rings (SSSR count). The molecule has 138 valence electrons. The molecule has 1 saturated carbocycles. The Balaban J connectivity index is 1.77. The normalized spacial score (nSPS) is 18.7. The van der Waals surface area contributed by atoms with E-state index in [4.69, 9.17) is 28.8 Å². The van der Waals surface area contributed by atoms with Gasteiger partial charge in [-0.1, -0.05) is 48.4 Å². The Morgan fingerprint density at radius 1 is 1.11 bits per heavy atom. The molecule has 2 aliphatic rings. The third kappa shape index (κ3) is 3.30. The second-order valence-electron chi connectivity index (χ2n) is 6.97. The molecule has 2 aromatic carbocycles. The van der Waals surface area contributed by atoms with Crippen molar-refractivity contribution in [3.63, 3.8) is 0 Å². The van der Waals surface area contributed by atoms with Crippen molar-refractivity contribution in [3.8, 4) is 0 Å². The number of thiocarbonyl (C=S) groups is 1. The van der Waals surface area contributed by atoms with E-state index < -0.39 is 11.5 Å². The van der Waals surface area contributed by atoms with Crippen LogP contribution in [0.5, 0.6) is 0 Å². The summed E-state index contributed by atoms with van der Waals surface area (Å²) in [7, 11) is 0. The molecule has 27 heavy (non-hydrogen) atoms. The molecule has 1 aliphatic heterocycles. The minimum atomic E-state index is -0.673. The van der Waals surface area contributed by atoms with Crippen LogP contribution in [0.2, 0.25) is 5.02 Å². The monoisotopic (exact) mass is 400 g/mol. The lowest BCUT2D eigenvalue weighted by molar-refractivity contribution is 0.0648. The molecule has 3 nitrogen and oxygen atoms in total. The fourth-order valence-corrected chi connectivity index (χ4v) is 4.42. The minimum Gasteiger partial charge on any atom is -0.271 e. The number of rotatable bonds is 2. The summed E-state index contributed by atoms with van der Waals surface area (Å²) in [5.41, 5.74) is 1.08. The lowest BCUT2D eigenvalue weighted by Crippen LogP contribution is -2.50. The number of amides is 1. The Labute approximate surface area is 167 Å². The first-order chi connectivity index (χ1) is 13.0. The van der Waals surface area contributed by atoms with E-state index in [1.165, 1.54) is 18.2 Å². The van der Waals surface area contributed by atoms with Crippen LogP contribution >= 0.6 is 23.8 Å². The highest BCUT2D eigenvalue weighted by Gasteiger charge is 2.48. The van der Waals surface area contributed by atoms with Crippen LogP contribution in [0.25, 0.3) is 0 Å². The molecule has 0 N–H and O–H groups in total. The van der Waals surface area contributed by atoms with Gasteiger partial charge >= 0.3 is 0 Å². The first-order valence-corrected chi connectivity index (χ1v) is 9.79. The maximum Gasteiger partial charge on any atom is 0.261 e. The number of carbonyl (C=O) groups excluding carboxylic acids is 1. The van der Waals surface area contributed by atoms with Crippen molar-refractivity contribution in [2.75, 3.05) is 0 Å². The lowest BCUT2D eigenvalue weighted by atomic mass is 9.88. The second-order valence-corrected chi connectivity index (χ2v) is 7.79. The summed E-state index contributed by atoms with van der Waals surface area (Å²) in [5, 5.41) is 0.628. The Morgan fingerprint density at radius 2 is 1.81 bits per heavy atom. The second kappa shape index (κ2) is 7.13. The summed E-state index contributed by atoms with van der Waals surface area (Å²) in [6.45, 7) is 0. The summed E-state index contributed by atoms with van der Waals surface area (Å²) in [4.78, 5) is 20.3. The maximum atomic E-state index is 13.7. The first kappa shape index (κ1) is 18.3. The number of hydrogen-bond acceptors (Lipinski definition) is 3. The van der Waals surface area contributed by atoms with Crippen molar-refractivity contribution in [2.45, 2.75) is 37.8 Å². The number of benzene rings is 2. The third-order valence-corrected chi connectivity index (χ3v) is 5.82. The molecule has 0 saturated heterocycles. The van der Waals surface area contributed by atoms with Gasteiger partial charge in [-0.2, -0.15) is 0 Å². The zero-order valence-electron chi connectivity index (χ0n) is 14.6. The molecule has 0 atom stereocenters. The van der Waals surface area contributed by atoms with Gasteiger partial charge in [-0.25, -0.2) is 4.39 Å². The summed E-state index contributed by atoms with van der Waals surface area (Å²) < 4.78 is 13.7. The van der Waals surface area contributed by atoms with E-state index in [1.54, 1.807) is 23.1 Å². The van der Waals surface area contributed by atoms with Crippen molar-refractivity contribution < 1.29 is 9.18 Å². The van der Waals surface area contributed by atoms with Gasteiger partial charge in [-0.3, -0.25) is 14.7 Å². The van der Waals surface area contributed by atoms with Crippen LogP contribution in [0, 0.1) is 5.82 Å². The summed E-state index contributed by atoms with van der Waals surface area (Å²) in [5.74, 6) is -0.739. The fourth-order valence-electron chi connectivity index (χ4n) is 3.88. The highest BCUT2D eigenvalue weighted by Crippen LogP contribution is 2.41. The van der Waals surface area contributed by atoms with Crippen LogP contribution in [0.4, 0.5) is 4.39 Å². The van der Waals surface area contributed by atoms with Gasteiger partial charge in [0.05, 0.1) is 0 Å². The van der Waals surface area contributed by atoms with Crippen molar-refractivity contribution in [1.82, 2.24) is 4.90 Å². The molecule has 1 spiro atoms. The molecule has 1 fully saturated rings.